The van der Waals surface area contributed by atoms with Crippen LogP contribution in [0.1, 0.15) is 60.8 Å². The quantitative estimate of drug-likeness (QED) is 0.549. The van der Waals surface area contributed by atoms with Gasteiger partial charge in [0.25, 0.3) is 0 Å². The fraction of sp³-hybridized carbons (Fsp3) is 1.00. The maximum atomic E-state index is 10.4. The summed E-state index contributed by atoms with van der Waals surface area (Å²) >= 11 is 0. The van der Waals surface area contributed by atoms with Gasteiger partial charge in [-0.2, -0.15) is 0 Å². The van der Waals surface area contributed by atoms with Crippen molar-refractivity contribution in [2.75, 3.05) is 0 Å². The van der Waals surface area contributed by atoms with Gasteiger partial charge in [-0.1, -0.05) is 20.8 Å². The van der Waals surface area contributed by atoms with E-state index in [-0.39, 0.29) is 60.9 Å². The zero-order chi connectivity index (χ0) is 13.5. The summed E-state index contributed by atoms with van der Waals surface area (Å²) in [6.07, 6.45) is 2.30. The van der Waals surface area contributed by atoms with Crippen LogP contribution in [-0.2, 0) is 39.5 Å². The van der Waals surface area contributed by atoms with Crippen molar-refractivity contribution in [1.29, 1.82) is 0 Å². The SMILES string of the molecule is CCC(C)O[Si](O)(OC(C)CC)OC(C)CC.O.O.O.[Zr]. The van der Waals surface area contributed by atoms with Crippen LogP contribution in [0.5, 0.6) is 0 Å². The second-order valence-corrected chi connectivity index (χ2v) is 6.29. The summed E-state index contributed by atoms with van der Waals surface area (Å²) < 4.78 is 16.7. The van der Waals surface area contributed by atoms with Gasteiger partial charge < -0.3 is 34.5 Å². The van der Waals surface area contributed by atoms with Gasteiger partial charge in [0.15, 0.2) is 0 Å². The molecule has 0 amide bonds. The molecule has 0 aliphatic carbocycles. The van der Waals surface area contributed by atoms with Crippen LogP contribution in [0.4, 0.5) is 0 Å². The van der Waals surface area contributed by atoms with Gasteiger partial charge in [-0.3, -0.25) is 0 Å². The Labute approximate surface area is 148 Å². The van der Waals surface area contributed by atoms with Crippen LogP contribution in [0.3, 0.4) is 0 Å². The summed E-state index contributed by atoms with van der Waals surface area (Å²) in [5.74, 6) is 0. The van der Waals surface area contributed by atoms with Crippen LogP contribution in [0.25, 0.3) is 0 Å². The smallest absolute Gasteiger partial charge is 0.412 e. The third-order valence-electron chi connectivity index (χ3n) is 2.78. The van der Waals surface area contributed by atoms with Crippen molar-refractivity contribution < 1.29 is 60.7 Å². The molecule has 3 atom stereocenters. The minimum Gasteiger partial charge on any atom is -0.412 e. The third kappa shape index (κ3) is 15.5. The molecule has 21 heavy (non-hydrogen) atoms. The molecule has 0 radical (unpaired) electrons. The van der Waals surface area contributed by atoms with Gasteiger partial charge in [0, 0.05) is 44.5 Å². The van der Waals surface area contributed by atoms with Gasteiger partial charge in [-0.15, -0.1) is 0 Å². The average Bonchev–Trinajstić information content (AvgIpc) is 2.27. The number of hydrogen-bond donors (Lipinski definition) is 1. The van der Waals surface area contributed by atoms with Crippen LogP contribution in [0.15, 0.2) is 0 Å². The molecule has 132 valence electrons. The van der Waals surface area contributed by atoms with Gasteiger partial charge in [-0.05, 0) is 40.0 Å². The van der Waals surface area contributed by atoms with Gasteiger partial charge >= 0.3 is 9.05 Å². The molecule has 0 saturated heterocycles. The molecule has 0 fully saturated rings. The Bertz CT molecular complexity index is 181. The molecule has 0 aromatic heterocycles. The molecule has 3 unspecified atom stereocenters. The predicted octanol–water partition coefficient (Wildman–Crippen LogP) is 0.383. The summed E-state index contributed by atoms with van der Waals surface area (Å²) in [4.78, 5) is 10.4. The van der Waals surface area contributed by atoms with E-state index in [9.17, 15) is 4.80 Å². The molecule has 0 heterocycles. The van der Waals surface area contributed by atoms with E-state index in [1.807, 2.05) is 41.5 Å². The Hall–Kier alpha value is 0.820. The van der Waals surface area contributed by atoms with Crippen molar-refractivity contribution in [3.8, 4) is 0 Å². The molecule has 0 aromatic rings. The molecule has 0 aromatic carbocycles. The molecule has 0 aliphatic rings. The van der Waals surface area contributed by atoms with Gasteiger partial charge in [0.05, 0.1) is 0 Å². The molecule has 7 N–H and O–H groups in total. The number of hydrogen-bond acceptors (Lipinski definition) is 4. The van der Waals surface area contributed by atoms with E-state index in [2.05, 4.69) is 0 Å². The summed E-state index contributed by atoms with van der Waals surface area (Å²) in [6.45, 7) is 11.8. The van der Waals surface area contributed by atoms with E-state index in [0.717, 1.165) is 19.3 Å². The van der Waals surface area contributed by atoms with Crippen molar-refractivity contribution in [3.63, 3.8) is 0 Å². The first kappa shape index (κ1) is 33.4. The van der Waals surface area contributed by atoms with Crippen LogP contribution in [0, 0.1) is 0 Å². The molecule has 0 bridgehead atoms. The van der Waals surface area contributed by atoms with Crippen LogP contribution >= 0.6 is 0 Å². The van der Waals surface area contributed by atoms with Gasteiger partial charge in [-0.25, -0.2) is 0 Å². The normalized spacial score (nSPS) is 16.7. The number of rotatable bonds is 9. The van der Waals surface area contributed by atoms with Crippen molar-refractivity contribution in [2.24, 2.45) is 0 Å². The minimum absolute atomic E-state index is 0. The van der Waals surface area contributed by atoms with E-state index in [0.29, 0.717) is 0 Å². The third-order valence-corrected chi connectivity index (χ3v) is 4.88. The maximum Gasteiger partial charge on any atom is 0.677 e. The van der Waals surface area contributed by atoms with E-state index in [4.69, 9.17) is 13.3 Å². The Balaban J connectivity index is -0.000000213. The fourth-order valence-electron chi connectivity index (χ4n) is 1.10. The second kappa shape index (κ2) is 17.2. The van der Waals surface area contributed by atoms with Crippen molar-refractivity contribution in [2.45, 2.75) is 79.1 Å². The van der Waals surface area contributed by atoms with E-state index in [1.54, 1.807) is 0 Å². The fourth-order valence-corrected chi connectivity index (χ4v) is 3.29. The molecule has 0 saturated carbocycles. The Morgan fingerprint density at radius 1 is 0.714 bits per heavy atom. The topological polar surface area (TPSA) is 142 Å². The molecular weight excluding hydrogens is 375 g/mol. The summed E-state index contributed by atoms with van der Waals surface area (Å²) in [7, 11) is -3.50. The molecule has 9 heteroatoms. The maximum absolute atomic E-state index is 10.4. The second-order valence-electron chi connectivity index (χ2n) is 4.53. The van der Waals surface area contributed by atoms with Crippen LogP contribution in [-0.4, -0.2) is 48.6 Å². The Morgan fingerprint density at radius 2 is 0.905 bits per heavy atom. The van der Waals surface area contributed by atoms with Crippen molar-refractivity contribution >= 4 is 9.05 Å². The van der Waals surface area contributed by atoms with E-state index in [1.165, 1.54) is 0 Å². The molecular formula is C12H34O7SiZr. The first-order valence-electron chi connectivity index (χ1n) is 6.62. The van der Waals surface area contributed by atoms with Gasteiger partial charge in [0.1, 0.15) is 0 Å². The Morgan fingerprint density at radius 3 is 1.05 bits per heavy atom. The van der Waals surface area contributed by atoms with Crippen molar-refractivity contribution in [3.05, 3.63) is 0 Å². The van der Waals surface area contributed by atoms with E-state index >= 15 is 0 Å². The van der Waals surface area contributed by atoms with Crippen LogP contribution in [0.2, 0.25) is 0 Å². The first-order valence-corrected chi connectivity index (χ1v) is 8.29. The van der Waals surface area contributed by atoms with E-state index < -0.39 is 9.05 Å². The largest absolute Gasteiger partial charge is 0.677 e. The first-order chi connectivity index (χ1) is 7.86. The Kier molecular flexibility index (Phi) is 27.3. The average molecular weight is 410 g/mol. The standard InChI is InChI=1S/C12H28O4Si.3H2O.Zr/c1-7-10(4)14-17(13,15-11(5)8-2)16-12(6)9-3;;;;/h10-13H,7-9H2,1-6H3;3*1H2;. The van der Waals surface area contributed by atoms with Crippen molar-refractivity contribution in [1.82, 2.24) is 0 Å². The zero-order valence-electron chi connectivity index (χ0n) is 14.0. The zero-order valence-corrected chi connectivity index (χ0v) is 17.5. The van der Waals surface area contributed by atoms with Crippen LogP contribution < -0.4 is 0 Å². The minimum atomic E-state index is -3.50. The molecule has 0 aliphatic heterocycles. The molecule has 0 spiro atoms. The summed E-state index contributed by atoms with van der Waals surface area (Å²) in [5.41, 5.74) is 0. The monoisotopic (exact) mass is 408 g/mol. The molecule has 7 nitrogen and oxygen atoms in total. The van der Waals surface area contributed by atoms with Gasteiger partial charge in [0.2, 0.25) is 0 Å². The summed E-state index contributed by atoms with van der Waals surface area (Å²) in [6, 6.07) is 0. The molecule has 0 rings (SSSR count). The summed E-state index contributed by atoms with van der Waals surface area (Å²) in [5, 5.41) is 0. The predicted molar refractivity (Wildman–Crippen MR) is 81.3 cm³/mol.